The van der Waals surface area contributed by atoms with Crippen molar-refractivity contribution in [2.45, 2.75) is 44.9 Å². The van der Waals surface area contributed by atoms with Gasteiger partial charge in [-0.15, -0.1) is 0 Å². The summed E-state index contributed by atoms with van der Waals surface area (Å²) in [5.74, 6) is 0.611. The Labute approximate surface area is 129 Å². The van der Waals surface area contributed by atoms with Crippen LogP contribution in [-0.2, 0) is 13.2 Å². The van der Waals surface area contributed by atoms with Gasteiger partial charge in [0.25, 0.3) is 0 Å². The Morgan fingerprint density at radius 3 is 2.86 bits per heavy atom. The Balaban J connectivity index is 1.66. The molecule has 1 aliphatic carbocycles. The third-order valence-corrected chi connectivity index (χ3v) is 4.33. The van der Waals surface area contributed by atoms with Crippen LogP contribution in [0.25, 0.3) is 0 Å². The first-order chi connectivity index (χ1) is 10.3. The number of nitrogens with zero attached hydrogens (tertiary/aromatic N) is 2. The van der Waals surface area contributed by atoms with Crippen LogP contribution in [-0.4, -0.2) is 14.9 Å². The van der Waals surface area contributed by atoms with Crippen LogP contribution in [0.15, 0.2) is 30.5 Å². The van der Waals surface area contributed by atoms with Gasteiger partial charge >= 0.3 is 0 Å². The average molecular weight is 307 g/mol. The molecule has 2 aromatic rings. The second kappa shape index (κ2) is 6.50. The highest BCUT2D eigenvalue weighted by molar-refractivity contribution is 6.31. The van der Waals surface area contributed by atoms with Gasteiger partial charge in [-0.25, -0.2) is 0 Å². The number of aromatic nitrogens is 2. The van der Waals surface area contributed by atoms with E-state index < -0.39 is 0 Å². The molecule has 0 bridgehead atoms. The molecule has 0 unspecified atom stereocenters. The van der Waals surface area contributed by atoms with Crippen molar-refractivity contribution in [3.05, 3.63) is 46.7 Å². The molecule has 5 heteroatoms. The third-order valence-electron chi connectivity index (χ3n) is 3.97. The van der Waals surface area contributed by atoms with Crippen molar-refractivity contribution in [2.75, 3.05) is 0 Å². The largest absolute Gasteiger partial charge is 0.487 e. The molecule has 0 aliphatic heterocycles. The minimum absolute atomic E-state index is 0.133. The first-order valence-electron chi connectivity index (χ1n) is 7.33. The smallest absolute Gasteiger partial charge is 0.132 e. The molecule has 0 amide bonds. The van der Waals surface area contributed by atoms with E-state index in [4.69, 9.17) is 16.3 Å². The lowest BCUT2D eigenvalue weighted by atomic mass is 10.2. The number of ether oxygens (including phenoxy) is 1. The lowest BCUT2D eigenvalue weighted by Gasteiger charge is -2.11. The minimum Gasteiger partial charge on any atom is -0.487 e. The van der Waals surface area contributed by atoms with Crippen LogP contribution < -0.4 is 4.74 Å². The Kier molecular flexibility index (Phi) is 4.46. The van der Waals surface area contributed by atoms with E-state index in [1.165, 1.54) is 25.7 Å². The van der Waals surface area contributed by atoms with Crippen molar-refractivity contribution < 1.29 is 9.84 Å². The van der Waals surface area contributed by atoms with Crippen molar-refractivity contribution in [3.63, 3.8) is 0 Å². The molecule has 3 rings (SSSR count). The van der Waals surface area contributed by atoms with Crippen LogP contribution >= 0.6 is 11.6 Å². The van der Waals surface area contributed by atoms with Crippen molar-refractivity contribution >= 4 is 11.6 Å². The van der Waals surface area contributed by atoms with Crippen LogP contribution in [0.3, 0.4) is 0 Å². The zero-order valence-corrected chi connectivity index (χ0v) is 12.6. The van der Waals surface area contributed by atoms with E-state index in [0.29, 0.717) is 29.0 Å². The van der Waals surface area contributed by atoms with Crippen molar-refractivity contribution in [2.24, 2.45) is 0 Å². The molecule has 0 spiro atoms. The number of hydrogen-bond acceptors (Lipinski definition) is 3. The van der Waals surface area contributed by atoms with E-state index >= 15 is 0 Å². The summed E-state index contributed by atoms with van der Waals surface area (Å²) < 4.78 is 7.80. The first kappa shape index (κ1) is 14.4. The fraction of sp³-hybridized carbons (Fsp3) is 0.438. The minimum atomic E-state index is -0.133. The summed E-state index contributed by atoms with van der Waals surface area (Å²) in [5.41, 5.74) is 1.51. The van der Waals surface area contributed by atoms with Crippen molar-refractivity contribution in [1.29, 1.82) is 0 Å². The third kappa shape index (κ3) is 3.22. The van der Waals surface area contributed by atoms with Gasteiger partial charge < -0.3 is 9.84 Å². The number of benzene rings is 1. The Morgan fingerprint density at radius 2 is 2.10 bits per heavy atom. The Hall–Kier alpha value is -1.52. The molecular weight excluding hydrogens is 288 g/mol. The van der Waals surface area contributed by atoms with Crippen molar-refractivity contribution in [1.82, 2.24) is 9.78 Å². The van der Waals surface area contributed by atoms with Gasteiger partial charge in [0.05, 0.1) is 18.3 Å². The number of halogens is 1. The monoisotopic (exact) mass is 306 g/mol. The Morgan fingerprint density at radius 1 is 1.29 bits per heavy atom. The number of aliphatic hydroxyl groups is 1. The fourth-order valence-corrected chi connectivity index (χ4v) is 3.03. The predicted octanol–water partition coefficient (Wildman–Crippen LogP) is 3.72. The second-order valence-corrected chi connectivity index (χ2v) is 5.80. The molecular formula is C16H19ClN2O2. The number of hydrogen-bond donors (Lipinski definition) is 1. The number of aliphatic hydroxyl groups excluding tert-OH is 1. The molecule has 0 saturated heterocycles. The van der Waals surface area contributed by atoms with Crippen LogP contribution in [0, 0.1) is 0 Å². The molecule has 1 fully saturated rings. The summed E-state index contributed by atoms with van der Waals surface area (Å²) in [5, 5.41) is 14.5. The quantitative estimate of drug-likeness (QED) is 0.915. The SMILES string of the molecule is OCc1c(Cl)cccc1OCc1ccn(C2CCCC2)n1. The zero-order valence-electron chi connectivity index (χ0n) is 11.8. The van der Waals surface area contributed by atoms with Gasteiger partial charge in [-0.1, -0.05) is 30.5 Å². The summed E-state index contributed by atoms with van der Waals surface area (Å²) in [7, 11) is 0. The maximum atomic E-state index is 9.36. The van der Waals surface area contributed by atoms with Crippen LogP contribution in [0.1, 0.15) is 43.0 Å². The van der Waals surface area contributed by atoms with E-state index in [0.717, 1.165) is 5.69 Å². The van der Waals surface area contributed by atoms with E-state index in [1.807, 2.05) is 24.4 Å². The van der Waals surface area contributed by atoms with Gasteiger partial charge in [0.15, 0.2) is 0 Å². The van der Waals surface area contributed by atoms with E-state index in [1.54, 1.807) is 6.07 Å². The molecule has 1 heterocycles. The summed E-state index contributed by atoms with van der Waals surface area (Å²) in [4.78, 5) is 0. The highest BCUT2D eigenvalue weighted by Crippen LogP contribution is 2.29. The summed E-state index contributed by atoms with van der Waals surface area (Å²) in [6.45, 7) is 0.249. The molecule has 112 valence electrons. The highest BCUT2D eigenvalue weighted by Gasteiger charge is 2.17. The average Bonchev–Trinajstić information content (AvgIpc) is 3.16. The van der Waals surface area contributed by atoms with Crippen LogP contribution in [0.5, 0.6) is 5.75 Å². The maximum absolute atomic E-state index is 9.36. The summed E-state index contributed by atoms with van der Waals surface area (Å²) in [6.07, 6.45) is 7.03. The molecule has 1 N–H and O–H groups in total. The summed E-state index contributed by atoms with van der Waals surface area (Å²) in [6, 6.07) is 7.90. The van der Waals surface area contributed by atoms with Gasteiger partial charge in [-0.3, -0.25) is 4.68 Å². The molecule has 1 aromatic carbocycles. The van der Waals surface area contributed by atoms with Gasteiger partial charge in [0.2, 0.25) is 0 Å². The lowest BCUT2D eigenvalue weighted by Crippen LogP contribution is -2.06. The van der Waals surface area contributed by atoms with Gasteiger partial charge in [0, 0.05) is 16.8 Å². The highest BCUT2D eigenvalue weighted by atomic mass is 35.5. The predicted molar refractivity (Wildman–Crippen MR) is 81.4 cm³/mol. The van der Waals surface area contributed by atoms with E-state index in [-0.39, 0.29) is 6.61 Å². The number of rotatable bonds is 5. The van der Waals surface area contributed by atoms with Crippen LogP contribution in [0.4, 0.5) is 0 Å². The molecule has 21 heavy (non-hydrogen) atoms. The van der Waals surface area contributed by atoms with Crippen LogP contribution in [0.2, 0.25) is 5.02 Å². The normalized spacial score (nSPS) is 15.5. The zero-order chi connectivity index (χ0) is 14.7. The molecule has 0 radical (unpaired) electrons. The van der Waals surface area contributed by atoms with E-state index in [9.17, 15) is 5.11 Å². The van der Waals surface area contributed by atoms with Gasteiger partial charge in [-0.2, -0.15) is 5.10 Å². The second-order valence-electron chi connectivity index (χ2n) is 5.39. The standard InChI is InChI=1S/C16H19ClN2O2/c17-15-6-3-7-16(14(15)10-20)21-11-12-8-9-19(18-12)13-4-1-2-5-13/h3,6-9,13,20H,1-2,4-5,10-11H2. The molecule has 0 atom stereocenters. The molecule has 1 aliphatic rings. The molecule has 4 nitrogen and oxygen atoms in total. The van der Waals surface area contributed by atoms with Crippen molar-refractivity contribution in [3.8, 4) is 5.75 Å². The summed E-state index contributed by atoms with van der Waals surface area (Å²) >= 11 is 6.04. The maximum Gasteiger partial charge on any atom is 0.132 e. The van der Waals surface area contributed by atoms with Gasteiger partial charge in [0.1, 0.15) is 12.4 Å². The molecule has 1 saturated carbocycles. The topological polar surface area (TPSA) is 47.3 Å². The van der Waals surface area contributed by atoms with E-state index in [2.05, 4.69) is 9.78 Å². The molecule has 1 aromatic heterocycles. The first-order valence-corrected chi connectivity index (χ1v) is 7.71. The Bertz CT molecular complexity index is 606. The lowest BCUT2D eigenvalue weighted by molar-refractivity contribution is 0.257. The van der Waals surface area contributed by atoms with Gasteiger partial charge in [-0.05, 0) is 31.0 Å². The fourth-order valence-electron chi connectivity index (χ4n) is 2.81.